The van der Waals surface area contributed by atoms with E-state index in [0.717, 1.165) is 30.6 Å². The molecule has 1 fully saturated rings. The number of rotatable bonds is 2. The summed E-state index contributed by atoms with van der Waals surface area (Å²) in [5.74, 6) is -0.660. The van der Waals surface area contributed by atoms with Gasteiger partial charge in [-0.25, -0.2) is 9.37 Å². The summed E-state index contributed by atoms with van der Waals surface area (Å²) in [6.45, 7) is 0. The molecule has 8 heteroatoms. The van der Waals surface area contributed by atoms with Gasteiger partial charge in [0, 0.05) is 4.88 Å². The van der Waals surface area contributed by atoms with Gasteiger partial charge in [-0.2, -0.15) is 0 Å². The molecule has 2 aliphatic heterocycles. The van der Waals surface area contributed by atoms with Crippen molar-refractivity contribution >= 4 is 49.7 Å². The summed E-state index contributed by atoms with van der Waals surface area (Å²) in [6, 6.07) is 7.67. The Balaban J connectivity index is 1.50. The normalized spacial score (nSPS) is 26.2. The van der Waals surface area contributed by atoms with Crippen LogP contribution in [0.4, 0.5) is 9.52 Å². The maximum absolute atomic E-state index is 13.7. The van der Waals surface area contributed by atoms with Crippen LogP contribution in [0.5, 0.6) is 0 Å². The molecule has 1 aromatic carbocycles. The number of anilines is 1. The van der Waals surface area contributed by atoms with Crippen LogP contribution in [0.1, 0.15) is 36.6 Å². The first kappa shape index (κ1) is 18.2. The second-order valence-corrected chi connectivity index (χ2v) is 9.84. The van der Waals surface area contributed by atoms with E-state index in [-0.39, 0.29) is 35.3 Å². The second-order valence-electron chi connectivity index (χ2n) is 7.86. The minimum atomic E-state index is -0.548. The third-order valence-corrected chi connectivity index (χ3v) is 8.06. The van der Waals surface area contributed by atoms with Gasteiger partial charge in [-0.15, -0.1) is 11.3 Å². The quantitative estimate of drug-likeness (QED) is 0.563. The third-order valence-electron chi connectivity index (χ3n) is 6.12. The van der Waals surface area contributed by atoms with E-state index >= 15 is 0 Å². The number of amides is 1. The monoisotopic (exact) mass is 440 g/mol. The number of ether oxygens (including phenoxy) is 1. The van der Waals surface area contributed by atoms with Gasteiger partial charge in [-0.05, 0) is 48.9 Å². The number of Topliss-reactive ketones (excluding diaryl/α,β-unsaturated/α-hetero) is 1. The zero-order valence-corrected chi connectivity index (χ0v) is 17.5. The van der Waals surface area contributed by atoms with Crippen molar-refractivity contribution in [3.63, 3.8) is 0 Å². The van der Waals surface area contributed by atoms with E-state index in [1.165, 1.54) is 34.8 Å². The molecule has 2 aromatic heterocycles. The van der Waals surface area contributed by atoms with Crippen molar-refractivity contribution in [1.82, 2.24) is 4.98 Å². The molecule has 30 heavy (non-hydrogen) atoms. The molecule has 1 amide bonds. The summed E-state index contributed by atoms with van der Waals surface area (Å²) in [4.78, 5) is 34.1. The molecule has 3 unspecified atom stereocenters. The maximum atomic E-state index is 13.7. The van der Waals surface area contributed by atoms with Gasteiger partial charge in [0.2, 0.25) is 0 Å². The minimum Gasteiger partial charge on any atom is -0.483 e. The fourth-order valence-corrected chi connectivity index (χ4v) is 6.59. The number of carbonyl (C=O) groups is 2. The fourth-order valence-electron chi connectivity index (χ4n) is 4.75. The average molecular weight is 441 g/mol. The second kappa shape index (κ2) is 6.72. The number of thiazole rings is 1. The molecule has 0 saturated heterocycles. The molecule has 152 valence electrons. The van der Waals surface area contributed by atoms with E-state index in [1.807, 2.05) is 17.5 Å². The molecular formula is C22H17FN2O3S2. The van der Waals surface area contributed by atoms with Crippen LogP contribution in [-0.2, 0) is 14.3 Å². The standard InChI is InChI=1S/C22H17FN2O3S2/c23-11-7-8-13-16(10-11)30-22(24-13)25-18(15-6-3-9-29-15)17-19(26)12-4-1-2-5-14(12)28-20(17)21(25)27/h3,6-10,12,14,18H,1-2,4-5H2. The number of carbonyl (C=O) groups excluding carboxylic acids is 2. The molecule has 4 heterocycles. The highest BCUT2D eigenvalue weighted by Crippen LogP contribution is 2.50. The van der Waals surface area contributed by atoms with Crippen LogP contribution >= 0.6 is 22.7 Å². The first-order valence-corrected chi connectivity index (χ1v) is 11.7. The predicted molar refractivity (Wildman–Crippen MR) is 113 cm³/mol. The summed E-state index contributed by atoms with van der Waals surface area (Å²) < 4.78 is 20.5. The predicted octanol–water partition coefficient (Wildman–Crippen LogP) is 5.00. The highest BCUT2D eigenvalue weighted by molar-refractivity contribution is 7.22. The smallest absolute Gasteiger partial charge is 0.296 e. The lowest BCUT2D eigenvalue weighted by molar-refractivity contribution is -0.131. The van der Waals surface area contributed by atoms with Crippen LogP contribution in [0, 0.1) is 11.7 Å². The number of hydrogen-bond donors (Lipinski definition) is 0. The van der Waals surface area contributed by atoms with Gasteiger partial charge in [0.05, 0.1) is 21.7 Å². The lowest BCUT2D eigenvalue weighted by Gasteiger charge is -2.35. The summed E-state index contributed by atoms with van der Waals surface area (Å²) in [5, 5.41) is 2.38. The Bertz CT molecular complexity index is 1220. The molecule has 0 spiro atoms. The largest absolute Gasteiger partial charge is 0.483 e. The molecule has 5 nitrogen and oxygen atoms in total. The summed E-state index contributed by atoms with van der Waals surface area (Å²) in [5.41, 5.74) is 1.08. The molecule has 1 saturated carbocycles. The Morgan fingerprint density at radius 2 is 2.03 bits per heavy atom. The van der Waals surface area contributed by atoms with Gasteiger partial charge in [0.1, 0.15) is 18.0 Å². The van der Waals surface area contributed by atoms with E-state index in [4.69, 9.17) is 4.74 Å². The maximum Gasteiger partial charge on any atom is 0.296 e. The molecule has 3 aliphatic rings. The van der Waals surface area contributed by atoms with Crippen molar-refractivity contribution in [3.05, 3.63) is 57.7 Å². The fraction of sp³-hybridized carbons (Fsp3) is 0.318. The van der Waals surface area contributed by atoms with E-state index in [2.05, 4.69) is 4.98 Å². The lowest BCUT2D eigenvalue weighted by Crippen LogP contribution is -2.39. The van der Waals surface area contributed by atoms with Crippen LogP contribution in [0.2, 0.25) is 0 Å². The number of hydrogen-bond acceptors (Lipinski definition) is 6. The van der Waals surface area contributed by atoms with Crippen LogP contribution in [0.15, 0.2) is 47.0 Å². The van der Waals surface area contributed by atoms with Gasteiger partial charge in [-0.1, -0.05) is 23.8 Å². The van der Waals surface area contributed by atoms with Crippen LogP contribution < -0.4 is 4.90 Å². The first-order chi connectivity index (χ1) is 14.6. The Morgan fingerprint density at radius 1 is 1.17 bits per heavy atom. The number of benzene rings is 1. The molecule has 6 rings (SSSR count). The van der Waals surface area contributed by atoms with Gasteiger partial charge >= 0.3 is 0 Å². The molecule has 0 bridgehead atoms. The van der Waals surface area contributed by atoms with Gasteiger partial charge in [-0.3, -0.25) is 14.5 Å². The highest BCUT2D eigenvalue weighted by atomic mass is 32.1. The number of fused-ring (bicyclic) bond motifs is 2. The molecule has 1 aliphatic carbocycles. The minimum absolute atomic E-state index is 0.0300. The molecule has 3 aromatic rings. The summed E-state index contributed by atoms with van der Waals surface area (Å²) in [6.07, 6.45) is 3.38. The zero-order valence-electron chi connectivity index (χ0n) is 15.8. The average Bonchev–Trinajstić information content (AvgIpc) is 3.46. The van der Waals surface area contributed by atoms with Crippen molar-refractivity contribution < 1.29 is 18.7 Å². The van der Waals surface area contributed by atoms with E-state index in [9.17, 15) is 14.0 Å². The van der Waals surface area contributed by atoms with E-state index < -0.39 is 6.04 Å². The van der Waals surface area contributed by atoms with Crippen molar-refractivity contribution in [2.75, 3.05) is 4.90 Å². The molecule has 0 N–H and O–H groups in total. The summed E-state index contributed by atoms with van der Waals surface area (Å²) in [7, 11) is 0. The Labute approximate surface area is 179 Å². The van der Waals surface area contributed by atoms with Crippen LogP contribution in [0.3, 0.4) is 0 Å². The number of thiophene rings is 1. The number of nitrogens with zero attached hydrogens (tertiary/aromatic N) is 2. The molecule has 0 radical (unpaired) electrons. The third kappa shape index (κ3) is 2.60. The van der Waals surface area contributed by atoms with Gasteiger partial charge in [0.15, 0.2) is 16.7 Å². The molecular weight excluding hydrogens is 423 g/mol. The summed E-state index contributed by atoms with van der Waals surface area (Å²) >= 11 is 2.75. The molecule has 3 atom stereocenters. The van der Waals surface area contributed by atoms with Gasteiger partial charge < -0.3 is 4.74 Å². The SMILES string of the molecule is O=C1C2=C(OC3CCCCC13)C(=O)N(c1nc3ccc(F)cc3s1)C2c1cccs1. The number of halogens is 1. The Hall–Kier alpha value is -2.58. The highest BCUT2D eigenvalue weighted by Gasteiger charge is 2.53. The van der Waals surface area contributed by atoms with Crippen LogP contribution in [0.25, 0.3) is 10.2 Å². The number of ketones is 1. The van der Waals surface area contributed by atoms with Gasteiger partial charge in [0.25, 0.3) is 5.91 Å². The number of aromatic nitrogens is 1. The van der Waals surface area contributed by atoms with Crippen molar-refractivity contribution in [2.45, 2.75) is 37.8 Å². The van der Waals surface area contributed by atoms with E-state index in [1.54, 1.807) is 11.0 Å². The van der Waals surface area contributed by atoms with Crippen LogP contribution in [-0.4, -0.2) is 22.8 Å². The lowest BCUT2D eigenvalue weighted by atomic mass is 9.78. The van der Waals surface area contributed by atoms with Crippen molar-refractivity contribution in [1.29, 1.82) is 0 Å². The van der Waals surface area contributed by atoms with Crippen molar-refractivity contribution in [2.24, 2.45) is 5.92 Å². The van der Waals surface area contributed by atoms with E-state index in [0.29, 0.717) is 20.9 Å². The Morgan fingerprint density at radius 3 is 2.87 bits per heavy atom. The first-order valence-electron chi connectivity index (χ1n) is 10.00. The Kier molecular flexibility index (Phi) is 4.08. The topological polar surface area (TPSA) is 59.5 Å². The van der Waals surface area contributed by atoms with Crippen molar-refractivity contribution in [3.8, 4) is 0 Å². The zero-order chi connectivity index (χ0) is 20.4.